The van der Waals surface area contributed by atoms with Gasteiger partial charge in [0.25, 0.3) is 11.4 Å². The van der Waals surface area contributed by atoms with Crippen molar-refractivity contribution in [2.45, 2.75) is 12.5 Å². The molecular formula is C16H13N3O7. The van der Waals surface area contributed by atoms with E-state index >= 15 is 0 Å². The minimum absolute atomic E-state index is 0.0681. The number of ether oxygens (including phenoxy) is 2. The standard InChI is InChI=1S/C16H13N3O7/c1-16(9-17-16)13-8-12(6-7-14(13)19(23)24)26-15(20)25-11-4-2-10(3-5-11)18(21)22/h2-8,17H,9H2,1H3/t16-/m1/s1. The van der Waals surface area contributed by atoms with Crippen LogP contribution >= 0.6 is 0 Å². The van der Waals surface area contributed by atoms with Gasteiger partial charge in [-0.1, -0.05) is 0 Å². The van der Waals surface area contributed by atoms with Crippen molar-refractivity contribution in [1.82, 2.24) is 5.32 Å². The van der Waals surface area contributed by atoms with Crippen LogP contribution in [0.3, 0.4) is 0 Å². The van der Waals surface area contributed by atoms with Gasteiger partial charge < -0.3 is 14.8 Å². The summed E-state index contributed by atoms with van der Waals surface area (Å²) in [6.45, 7) is 2.37. The topological polar surface area (TPSA) is 144 Å². The van der Waals surface area contributed by atoms with Crippen LogP contribution in [0.1, 0.15) is 12.5 Å². The van der Waals surface area contributed by atoms with E-state index in [-0.39, 0.29) is 22.9 Å². The zero-order valence-corrected chi connectivity index (χ0v) is 13.5. The minimum Gasteiger partial charge on any atom is -0.395 e. The number of hydrogen-bond acceptors (Lipinski definition) is 8. The second kappa shape index (κ2) is 6.41. The maximum Gasteiger partial charge on any atom is 0.519 e. The molecule has 2 aromatic rings. The minimum atomic E-state index is -1.06. The van der Waals surface area contributed by atoms with Crippen LogP contribution in [0.2, 0.25) is 0 Å². The Morgan fingerprint density at radius 1 is 1.04 bits per heavy atom. The van der Waals surface area contributed by atoms with Gasteiger partial charge in [-0.3, -0.25) is 20.2 Å². The Hall–Kier alpha value is -3.53. The van der Waals surface area contributed by atoms with Gasteiger partial charge in [0.15, 0.2) is 0 Å². The number of nitro groups is 2. The van der Waals surface area contributed by atoms with Gasteiger partial charge in [-0.2, -0.15) is 0 Å². The van der Waals surface area contributed by atoms with Crippen LogP contribution in [0.15, 0.2) is 42.5 Å². The molecule has 1 N–H and O–H groups in total. The second-order valence-corrected chi connectivity index (χ2v) is 5.83. The summed E-state index contributed by atoms with van der Waals surface area (Å²) in [4.78, 5) is 32.5. The first-order valence-corrected chi connectivity index (χ1v) is 7.46. The number of rotatable bonds is 5. The molecule has 0 aromatic heterocycles. The van der Waals surface area contributed by atoms with Gasteiger partial charge in [0.2, 0.25) is 0 Å². The van der Waals surface area contributed by atoms with Crippen LogP contribution in [-0.4, -0.2) is 22.5 Å². The molecule has 1 aliphatic rings. The third-order valence-electron chi connectivity index (χ3n) is 3.92. The zero-order chi connectivity index (χ0) is 18.9. The fourth-order valence-corrected chi connectivity index (χ4v) is 2.35. The van der Waals surface area contributed by atoms with Crippen molar-refractivity contribution in [2.24, 2.45) is 0 Å². The zero-order valence-electron chi connectivity index (χ0n) is 13.5. The van der Waals surface area contributed by atoms with Crippen molar-refractivity contribution in [2.75, 3.05) is 6.54 Å². The van der Waals surface area contributed by atoms with Gasteiger partial charge in [0, 0.05) is 24.7 Å². The molecule has 134 valence electrons. The van der Waals surface area contributed by atoms with Crippen molar-refractivity contribution in [3.63, 3.8) is 0 Å². The van der Waals surface area contributed by atoms with Crippen LogP contribution < -0.4 is 14.8 Å². The predicted octanol–water partition coefficient (Wildman–Crippen LogP) is 2.90. The first-order valence-electron chi connectivity index (χ1n) is 7.46. The van der Waals surface area contributed by atoms with Gasteiger partial charge >= 0.3 is 6.16 Å². The van der Waals surface area contributed by atoms with Crippen molar-refractivity contribution < 1.29 is 24.1 Å². The Morgan fingerprint density at radius 3 is 2.15 bits per heavy atom. The van der Waals surface area contributed by atoms with Crippen LogP contribution in [-0.2, 0) is 5.54 Å². The maximum absolute atomic E-state index is 11.9. The molecule has 0 radical (unpaired) electrons. The van der Waals surface area contributed by atoms with Crippen molar-refractivity contribution in [1.29, 1.82) is 0 Å². The van der Waals surface area contributed by atoms with Crippen molar-refractivity contribution in [3.05, 3.63) is 68.3 Å². The van der Waals surface area contributed by atoms with Crippen LogP contribution in [0, 0.1) is 20.2 Å². The fraction of sp³-hybridized carbons (Fsp3) is 0.188. The smallest absolute Gasteiger partial charge is 0.395 e. The molecule has 2 aromatic carbocycles. The number of hydrogen-bond donors (Lipinski definition) is 1. The van der Waals surface area contributed by atoms with Gasteiger partial charge in [-0.15, -0.1) is 0 Å². The molecule has 26 heavy (non-hydrogen) atoms. The molecule has 10 heteroatoms. The van der Waals surface area contributed by atoms with Gasteiger partial charge in [-0.05, 0) is 31.2 Å². The highest BCUT2D eigenvalue weighted by molar-refractivity contribution is 5.68. The van der Waals surface area contributed by atoms with Crippen molar-refractivity contribution in [3.8, 4) is 11.5 Å². The molecule has 0 saturated carbocycles. The summed E-state index contributed by atoms with van der Waals surface area (Å²) in [6, 6.07) is 8.86. The van der Waals surface area contributed by atoms with E-state index in [9.17, 15) is 25.0 Å². The van der Waals surface area contributed by atoms with Crippen molar-refractivity contribution >= 4 is 17.5 Å². The van der Waals surface area contributed by atoms with Gasteiger partial charge in [0.05, 0.1) is 20.9 Å². The third-order valence-corrected chi connectivity index (χ3v) is 3.92. The molecule has 1 saturated heterocycles. The number of nitrogens with one attached hydrogen (secondary N) is 1. The van der Waals surface area contributed by atoms with Crippen LogP contribution in [0.25, 0.3) is 0 Å². The number of nitro benzene ring substituents is 2. The molecule has 1 heterocycles. The molecule has 3 rings (SSSR count). The third kappa shape index (κ3) is 3.59. The lowest BCUT2D eigenvalue weighted by atomic mass is 9.99. The summed E-state index contributed by atoms with van der Waals surface area (Å²) >= 11 is 0. The lowest BCUT2D eigenvalue weighted by Crippen LogP contribution is -2.15. The van der Waals surface area contributed by atoms with Gasteiger partial charge in [0.1, 0.15) is 11.5 Å². The first kappa shape index (κ1) is 17.3. The van der Waals surface area contributed by atoms with Crippen LogP contribution in [0.4, 0.5) is 16.2 Å². The quantitative estimate of drug-likeness (QED) is 0.282. The number of nitrogens with zero attached hydrogens (tertiary/aromatic N) is 2. The Balaban J connectivity index is 1.73. The highest BCUT2D eigenvalue weighted by Gasteiger charge is 2.43. The number of non-ortho nitro benzene ring substituents is 1. The molecular weight excluding hydrogens is 346 g/mol. The fourth-order valence-electron chi connectivity index (χ4n) is 2.35. The molecule has 1 atom stereocenters. The number of carbonyl (C=O) groups is 1. The van der Waals surface area contributed by atoms with Gasteiger partial charge in [-0.25, -0.2) is 4.79 Å². The summed E-state index contributed by atoms with van der Waals surface area (Å²) in [7, 11) is 0. The second-order valence-electron chi connectivity index (χ2n) is 5.83. The maximum atomic E-state index is 11.9. The Kier molecular flexibility index (Phi) is 4.26. The number of carbonyl (C=O) groups excluding carboxylic acids is 1. The van der Waals surface area contributed by atoms with E-state index in [0.717, 1.165) is 0 Å². The molecule has 1 fully saturated rings. The summed E-state index contributed by atoms with van der Waals surface area (Å²) in [5.74, 6) is 0.158. The molecule has 0 aliphatic carbocycles. The van der Waals surface area contributed by atoms with Crippen LogP contribution in [0.5, 0.6) is 11.5 Å². The molecule has 0 spiro atoms. The molecule has 0 unspecified atom stereocenters. The van der Waals surface area contributed by atoms with E-state index in [4.69, 9.17) is 9.47 Å². The van der Waals surface area contributed by atoms with E-state index in [1.54, 1.807) is 6.92 Å². The molecule has 0 amide bonds. The Bertz CT molecular complexity index is 891. The summed E-state index contributed by atoms with van der Waals surface area (Å²) in [6.07, 6.45) is -1.06. The highest BCUT2D eigenvalue weighted by atomic mass is 16.7. The summed E-state index contributed by atoms with van der Waals surface area (Å²) in [5.41, 5.74) is -0.350. The van der Waals surface area contributed by atoms with E-state index in [0.29, 0.717) is 12.1 Å². The lowest BCUT2D eigenvalue weighted by Gasteiger charge is -2.11. The SMILES string of the molecule is C[C@]1(c2cc(OC(=O)Oc3ccc([N+](=O)[O-])cc3)ccc2[N+](=O)[O-])CN1. The first-order chi connectivity index (χ1) is 12.3. The Labute approximate surface area is 146 Å². The lowest BCUT2D eigenvalue weighted by molar-refractivity contribution is -0.385. The monoisotopic (exact) mass is 359 g/mol. The van der Waals surface area contributed by atoms with E-state index in [2.05, 4.69) is 5.32 Å². The summed E-state index contributed by atoms with van der Waals surface area (Å²) in [5, 5.41) is 24.8. The largest absolute Gasteiger partial charge is 0.519 e. The van der Waals surface area contributed by atoms with E-state index < -0.39 is 21.5 Å². The van der Waals surface area contributed by atoms with E-state index in [1.165, 1.54) is 42.5 Å². The average molecular weight is 359 g/mol. The molecule has 0 bridgehead atoms. The van der Waals surface area contributed by atoms with E-state index in [1.807, 2.05) is 0 Å². The number of benzene rings is 2. The molecule has 10 nitrogen and oxygen atoms in total. The normalized spacial score (nSPS) is 18.0. The molecule has 1 aliphatic heterocycles. The highest BCUT2D eigenvalue weighted by Crippen LogP contribution is 2.38. The predicted molar refractivity (Wildman–Crippen MR) is 88.2 cm³/mol. The Morgan fingerprint density at radius 2 is 1.62 bits per heavy atom. The average Bonchev–Trinajstić information content (AvgIpc) is 3.34. The summed E-state index contributed by atoms with van der Waals surface area (Å²) < 4.78 is 9.99.